The molecule has 2 aromatic rings. The zero-order valence-corrected chi connectivity index (χ0v) is 15.8. The highest BCUT2D eigenvalue weighted by Gasteiger charge is 2.28. The van der Waals surface area contributed by atoms with Crippen LogP contribution < -0.4 is 5.73 Å². The van der Waals surface area contributed by atoms with Crippen molar-refractivity contribution in [2.45, 2.75) is 51.6 Å². The van der Waals surface area contributed by atoms with Crippen molar-refractivity contribution in [2.75, 3.05) is 19.8 Å². The number of aromatic nitrogens is 3. The van der Waals surface area contributed by atoms with Gasteiger partial charge in [0.15, 0.2) is 0 Å². The molecule has 2 aliphatic heterocycles. The Kier molecular flexibility index (Phi) is 4.92. The molecule has 4 heterocycles. The third-order valence-electron chi connectivity index (χ3n) is 5.40. The van der Waals surface area contributed by atoms with E-state index in [0.717, 1.165) is 54.9 Å². The lowest BCUT2D eigenvalue weighted by atomic mass is 9.94. The van der Waals surface area contributed by atoms with Crippen molar-refractivity contribution >= 4 is 5.91 Å². The number of rotatable bonds is 3. The second-order valence-corrected chi connectivity index (χ2v) is 7.36. The molecule has 0 spiro atoms. The predicted octanol–water partition coefficient (Wildman–Crippen LogP) is 1.57. The van der Waals surface area contributed by atoms with Crippen LogP contribution in [0.3, 0.4) is 0 Å². The normalized spacial score (nSPS) is 19.0. The van der Waals surface area contributed by atoms with E-state index in [9.17, 15) is 4.79 Å². The number of carbonyl (C=O) groups is 1. The van der Waals surface area contributed by atoms with Crippen LogP contribution in [0.4, 0.5) is 0 Å². The van der Waals surface area contributed by atoms with E-state index in [4.69, 9.17) is 15.0 Å². The first-order valence-electron chi connectivity index (χ1n) is 9.48. The van der Waals surface area contributed by atoms with Crippen LogP contribution in [-0.4, -0.2) is 51.7 Å². The molecule has 1 saturated heterocycles. The number of fused-ring (bicyclic) bond motifs is 1. The molecule has 2 aliphatic rings. The number of nitrogens with two attached hydrogens (primary N) is 1. The second-order valence-electron chi connectivity index (χ2n) is 7.36. The maximum Gasteiger partial charge on any atom is 0.239 e. The van der Waals surface area contributed by atoms with Crippen LogP contribution in [0.5, 0.6) is 0 Å². The first-order chi connectivity index (χ1) is 13.0. The van der Waals surface area contributed by atoms with Gasteiger partial charge < -0.3 is 19.9 Å². The lowest BCUT2D eigenvalue weighted by molar-refractivity contribution is -0.133. The van der Waals surface area contributed by atoms with Gasteiger partial charge in [0.05, 0.1) is 6.04 Å². The van der Waals surface area contributed by atoms with E-state index < -0.39 is 6.04 Å². The summed E-state index contributed by atoms with van der Waals surface area (Å²) >= 11 is 0. The summed E-state index contributed by atoms with van der Waals surface area (Å²) in [4.78, 5) is 23.2. The van der Waals surface area contributed by atoms with E-state index in [2.05, 4.69) is 15.1 Å². The standard InChI is InChI=1S/C19H25N5O3/c1-11(20)19(25)24-6-3-15-14(10-24)9-21-12(2)16(15)17-22-18(27-23-17)13-4-7-26-8-5-13/h9,11,13H,3-8,10,20H2,1-2H3. The van der Waals surface area contributed by atoms with E-state index in [-0.39, 0.29) is 11.8 Å². The highest BCUT2D eigenvalue weighted by atomic mass is 16.5. The predicted molar refractivity (Wildman–Crippen MR) is 97.8 cm³/mol. The molecule has 8 heteroatoms. The van der Waals surface area contributed by atoms with Gasteiger partial charge in [-0.3, -0.25) is 9.78 Å². The number of carbonyl (C=O) groups excluding carboxylic acids is 1. The molecule has 1 atom stereocenters. The van der Waals surface area contributed by atoms with Gasteiger partial charge in [-0.15, -0.1) is 0 Å². The molecular weight excluding hydrogens is 346 g/mol. The quantitative estimate of drug-likeness (QED) is 0.872. The monoisotopic (exact) mass is 371 g/mol. The van der Waals surface area contributed by atoms with Crippen LogP contribution in [-0.2, 0) is 22.5 Å². The molecule has 1 unspecified atom stereocenters. The molecule has 0 radical (unpaired) electrons. The zero-order chi connectivity index (χ0) is 19.0. The fourth-order valence-electron chi connectivity index (χ4n) is 3.87. The molecule has 27 heavy (non-hydrogen) atoms. The lowest BCUT2D eigenvalue weighted by Crippen LogP contribution is -2.44. The minimum absolute atomic E-state index is 0.0378. The van der Waals surface area contributed by atoms with E-state index in [0.29, 0.717) is 24.8 Å². The summed E-state index contributed by atoms with van der Waals surface area (Å²) in [6.07, 6.45) is 4.38. The van der Waals surface area contributed by atoms with E-state index in [1.54, 1.807) is 11.8 Å². The van der Waals surface area contributed by atoms with Crippen molar-refractivity contribution in [1.29, 1.82) is 0 Å². The van der Waals surface area contributed by atoms with E-state index in [1.807, 2.05) is 13.1 Å². The summed E-state index contributed by atoms with van der Waals surface area (Å²) in [6, 6.07) is -0.497. The van der Waals surface area contributed by atoms with Crippen molar-refractivity contribution in [1.82, 2.24) is 20.0 Å². The molecule has 2 N–H and O–H groups in total. The molecular formula is C19H25N5O3. The molecule has 0 aromatic carbocycles. The summed E-state index contributed by atoms with van der Waals surface area (Å²) in [5.74, 6) is 1.48. The summed E-state index contributed by atoms with van der Waals surface area (Å²) in [5.41, 5.74) is 9.74. The number of pyridine rings is 1. The van der Waals surface area contributed by atoms with E-state index in [1.165, 1.54) is 0 Å². The average molecular weight is 371 g/mol. The zero-order valence-electron chi connectivity index (χ0n) is 15.8. The highest BCUT2D eigenvalue weighted by molar-refractivity contribution is 5.81. The smallest absolute Gasteiger partial charge is 0.239 e. The minimum Gasteiger partial charge on any atom is -0.381 e. The summed E-state index contributed by atoms with van der Waals surface area (Å²) < 4.78 is 11.0. The van der Waals surface area contributed by atoms with Crippen LogP contribution in [0.1, 0.15) is 48.4 Å². The average Bonchev–Trinajstić information content (AvgIpc) is 3.17. The topological polar surface area (TPSA) is 107 Å². The Hall–Kier alpha value is -2.32. The first-order valence-corrected chi connectivity index (χ1v) is 9.48. The van der Waals surface area contributed by atoms with Crippen molar-refractivity contribution in [3.05, 3.63) is 28.9 Å². The third-order valence-corrected chi connectivity index (χ3v) is 5.40. The van der Waals surface area contributed by atoms with Crippen LogP contribution in [0.15, 0.2) is 10.7 Å². The van der Waals surface area contributed by atoms with Crippen LogP contribution in [0, 0.1) is 6.92 Å². The molecule has 1 fully saturated rings. The molecule has 0 saturated carbocycles. The lowest BCUT2D eigenvalue weighted by Gasteiger charge is -2.31. The van der Waals surface area contributed by atoms with Crippen LogP contribution in [0.25, 0.3) is 11.4 Å². The van der Waals surface area contributed by atoms with Crippen molar-refractivity contribution in [3.63, 3.8) is 0 Å². The van der Waals surface area contributed by atoms with Gasteiger partial charge in [0.25, 0.3) is 0 Å². The van der Waals surface area contributed by atoms with Crippen molar-refractivity contribution in [3.8, 4) is 11.4 Å². The fraction of sp³-hybridized carbons (Fsp3) is 0.579. The van der Waals surface area contributed by atoms with Gasteiger partial charge in [-0.1, -0.05) is 5.16 Å². The van der Waals surface area contributed by atoms with Crippen LogP contribution in [0.2, 0.25) is 0 Å². The van der Waals surface area contributed by atoms with Crippen LogP contribution >= 0.6 is 0 Å². The second kappa shape index (κ2) is 7.36. The Labute approximate surface area is 158 Å². The largest absolute Gasteiger partial charge is 0.381 e. The molecule has 0 aliphatic carbocycles. The SMILES string of the molecule is Cc1ncc2c(c1-c1noc(C3CCOCC3)n1)CCN(C(=O)C(C)N)C2. The first kappa shape index (κ1) is 18.1. The summed E-state index contributed by atoms with van der Waals surface area (Å²) in [5, 5.41) is 4.25. The Balaban J connectivity index is 1.64. The molecule has 8 nitrogen and oxygen atoms in total. The van der Waals surface area contributed by atoms with Gasteiger partial charge in [0.2, 0.25) is 17.6 Å². The Bertz CT molecular complexity index is 842. The number of aryl methyl sites for hydroxylation is 1. The third kappa shape index (κ3) is 3.46. The number of amides is 1. The molecule has 0 bridgehead atoms. The summed E-state index contributed by atoms with van der Waals surface area (Å²) in [7, 11) is 0. The molecule has 2 aromatic heterocycles. The molecule has 4 rings (SSSR count). The van der Waals surface area contributed by atoms with E-state index >= 15 is 0 Å². The minimum atomic E-state index is -0.497. The molecule has 1 amide bonds. The van der Waals surface area contributed by atoms with Crippen molar-refractivity contribution < 1.29 is 14.1 Å². The number of ether oxygens (including phenoxy) is 1. The Morgan fingerprint density at radius 3 is 2.89 bits per heavy atom. The maximum atomic E-state index is 12.2. The number of hydrogen-bond acceptors (Lipinski definition) is 7. The Morgan fingerprint density at radius 1 is 1.37 bits per heavy atom. The molecule has 144 valence electrons. The fourth-order valence-corrected chi connectivity index (χ4v) is 3.87. The van der Waals surface area contributed by atoms with Gasteiger partial charge in [-0.2, -0.15) is 4.98 Å². The highest BCUT2D eigenvalue weighted by Crippen LogP contribution is 2.33. The van der Waals surface area contributed by atoms with Gasteiger partial charge >= 0.3 is 0 Å². The van der Waals surface area contributed by atoms with Crippen molar-refractivity contribution in [2.24, 2.45) is 5.73 Å². The van der Waals surface area contributed by atoms with Gasteiger partial charge in [0.1, 0.15) is 0 Å². The van der Waals surface area contributed by atoms with Gasteiger partial charge in [-0.25, -0.2) is 0 Å². The summed E-state index contributed by atoms with van der Waals surface area (Å²) in [6.45, 7) is 6.28. The van der Waals surface area contributed by atoms with Gasteiger partial charge in [0, 0.05) is 49.7 Å². The number of nitrogens with zero attached hydrogens (tertiary/aromatic N) is 4. The Morgan fingerprint density at radius 2 is 2.15 bits per heavy atom. The maximum absolute atomic E-state index is 12.2. The number of hydrogen-bond donors (Lipinski definition) is 1. The van der Waals surface area contributed by atoms with Gasteiger partial charge in [-0.05, 0) is 44.2 Å².